The van der Waals surface area contributed by atoms with E-state index in [4.69, 9.17) is 11.5 Å². The Hall–Kier alpha value is 0.926. The molecule has 0 saturated heterocycles. The number of hydrogen-bond acceptors (Lipinski definition) is 2. The molecule has 0 saturated carbocycles. The van der Waals surface area contributed by atoms with Crippen LogP contribution < -0.4 is 0 Å². The highest BCUT2D eigenvalue weighted by Gasteiger charge is 2.42. The SMILES string of the molecule is C[Si](C)(C)N(BCl)N([Si](C)(C)C)[Si](C)(C)C. The van der Waals surface area contributed by atoms with E-state index in [-0.39, 0.29) is 0 Å². The summed E-state index contributed by atoms with van der Waals surface area (Å²) in [6, 6.07) is 0. The standard InChI is InChI=1S/C9H28BClN2Si3/c1-14(2,3)12(10-11)13(15(4,5)6)16(7,8)9/h10H,1-9H3. The molecule has 0 unspecified atom stereocenters. The van der Waals surface area contributed by atoms with E-state index < -0.39 is 24.7 Å². The van der Waals surface area contributed by atoms with Crippen molar-refractivity contribution in [1.29, 1.82) is 0 Å². The molecule has 0 aliphatic heterocycles. The van der Waals surface area contributed by atoms with E-state index in [2.05, 4.69) is 67.8 Å². The lowest BCUT2D eigenvalue weighted by atomic mass is 10.5. The number of rotatable bonds is 5. The Morgan fingerprint density at radius 3 is 1.06 bits per heavy atom. The van der Waals surface area contributed by atoms with Crippen LogP contribution in [-0.4, -0.2) is 40.5 Å². The first kappa shape index (κ1) is 16.9. The van der Waals surface area contributed by atoms with Crippen LogP contribution in [0.1, 0.15) is 0 Å². The fourth-order valence-electron chi connectivity index (χ4n) is 2.26. The van der Waals surface area contributed by atoms with Crippen molar-refractivity contribution < 1.29 is 0 Å². The Morgan fingerprint density at radius 1 is 0.688 bits per heavy atom. The third-order valence-electron chi connectivity index (χ3n) is 2.40. The summed E-state index contributed by atoms with van der Waals surface area (Å²) in [6.45, 7) is 22.3. The summed E-state index contributed by atoms with van der Waals surface area (Å²) >= 11 is 6.22. The Labute approximate surface area is 111 Å². The van der Waals surface area contributed by atoms with Crippen LogP contribution in [-0.2, 0) is 0 Å². The predicted octanol–water partition coefficient (Wildman–Crippen LogP) is 3.52. The minimum atomic E-state index is -1.37. The summed E-state index contributed by atoms with van der Waals surface area (Å²) < 4.78 is 5.23. The van der Waals surface area contributed by atoms with Crippen LogP contribution in [0.5, 0.6) is 0 Å². The van der Waals surface area contributed by atoms with Gasteiger partial charge in [-0.3, -0.25) is 4.34 Å². The van der Waals surface area contributed by atoms with E-state index in [0.29, 0.717) is 6.83 Å². The summed E-state index contributed by atoms with van der Waals surface area (Å²) in [6.07, 6.45) is 0. The molecular formula is C9H28BClN2Si3. The normalized spacial score (nSPS) is 14.8. The second kappa shape index (κ2) is 5.28. The van der Waals surface area contributed by atoms with Gasteiger partial charge in [-0.25, -0.2) is 0 Å². The summed E-state index contributed by atoms with van der Waals surface area (Å²) in [7, 11) is -4.06. The van der Waals surface area contributed by atoms with E-state index in [1.165, 1.54) is 0 Å². The van der Waals surface area contributed by atoms with Crippen molar-refractivity contribution in [2.75, 3.05) is 0 Å². The average Bonchev–Trinajstić information content (AvgIpc) is 1.91. The van der Waals surface area contributed by atoms with Gasteiger partial charge in [0.1, 0.15) is 24.7 Å². The molecule has 2 nitrogen and oxygen atoms in total. The molecule has 0 aromatic carbocycles. The molecule has 7 heteroatoms. The number of hydrazine groups is 1. The monoisotopic (exact) mass is 294 g/mol. The fraction of sp³-hybridized carbons (Fsp3) is 1.00. The van der Waals surface area contributed by atoms with Crippen molar-refractivity contribution in [3.63, 3.8) is 0 Å². The molecule has 0 N–H and O–H groups in total. The molecule has 0 atom stereocenters. The van der Waals surface area contributed by atoms with Crippen molar-refractivity contribution in [3.05, 3.63) is 0 Å². The fourth-order valence-corrected chi connectivity index (χ4v) is 17.8. The second-order valence-corrected chi connectivity index (χ2v) is 22.4. The van der Waals surface area contributed by atoms with Gasteiger partial charge in [-0.05, 0) is 0 Å². The second-order valence-electron chi connectivity index (χ2n) is 7.34. The molecule has 0 heterocycles. The summed E-state index contributed by atoms with van der Waals surface area (Å²) in [4.78, 5) is 0. The first-order valence-electron chi connectivity index (χ1n) is 5.95. The van der Waals surface area contributed by atoms with Crippen LogP contribution in [0.4, 0.5) is 0 Å². The largest absolute Gasteiger partial charge is 0.319 e. The molecule has 0 amide bonds. The third kappa shape index (κ3) is 4.66. The first-order chi connectivity index (χ1) is 6.81. The first-order valence-corrected chi connectivity index (χ1v) is 16.8. The van der Waals surface area contributed by atoms with E-state index in [1.54, 1.807) is 0 Å². The van der Waals surface area contributed by atoms with Crippen LogP contribution in [0.15, 0.2) is 0 Å². The molecule has 0 fully saturated rings. The van der Waals surface area contributed by atoms with Gasteiger partial charge in [-0.2, -0.15) is 11.5 Å². The third-order valence-corrected chi connectivity index (χ3v) is 12.2. The van der Waals surface area contributed by atoms with Crippen LogP contribution >= 0.6 is 11.5 Å². The number of hydrogen-bond donors (Lipinski definition) is 0. The maximum atomic E-state index is 6.22. The Bertz CT molecular complexity index is 218. The smallest absolute Gasteiger partial charge is 0.301 e. The van der Waals surface area contributed by atoms with Crippen LogP contribution in [0, 0.1) is 0 Å². The van der Waals surface area contributed by atoms with E-state index >= 15 is 0 Å². The van der Waals surface area contributed by atoms with Crippen molar-refractivity contribution in [2.45, 2.75) is 58.9 Å². The Morgan fingerprint density at radius 2 is 1.00 bits per heavy atom. The van der Waals surface area contributed by atoms with Crippen LogP contribution in [0.3, 0.4) is 0 Å². The van der Waals surface area contributed by atoms with E-state index in [0.717, 1.165) is 0 Å². The minimum absolute atomic E-state index is 0.643. The van der Waals surface area contributed by atoms with Gasteiger partial charge in [-0.1, -0.05) is 58.9 Å². The summed E-state index contributed by atoms with van der Waals surface area (Å²) in [5.74, 6) is 0. The lowest BCUT2D eigenvalue weighted by Gasteiger charge is -2.54. The quantitative estimate of drug-likeness (QED) is 0.565. The van der Waals surface area contributed by atoms with Gasteiger partial charge >= 0.3 is 6.83 Å². The number of nitrogens with zero attached hydrogens (tertiary/aromatic N) is 2. The molecule has 0 rings (SSSR count). The zero-order valence-corrected chi connectivity index (χ0v) is 16.2. The summed E-state index contributed by atoms with van der Waals surface area (Å²) in [5.41, 5.74) is 0. The van der Waals surface area contributed by atoms with Crippen LogP contribution in [0.2, 0.25) is 58.9 Å². The van der Waals surface area contributed by atoms with Gasteiger partial charge in [-0.15, -0.1) is 0 Å². The maximum Gasteiger partial charge on any atom is 0.319 e. The molecule has 0 aliphatic rings. The van der Waals surface area contributed by atoms with Crippen molar-refractivity contribution >= 4 is 43.0 Å². The van der Waals surface area contributed by atoms with Gasteiger partial charge < -0.3 is 4.59 Å². The van der Waals surface area contributed by atoms with Crippen molar-refractivity contribution in [3.8, 4) is 0 Å². The highest BCUT2D eigenvalue weighted by molar-refractivity contribution is 7.01. The molecular weight excluding hydrogens is 267 g/mol. The number of halogens is 1. The molecule has 0 radical (unpaired) electrons. The topological polar surface area (TPSA) is 6.48 Å². The molecule has 0 aromatic rings. The Balaban J connectivity index is 5.35. The molecule has 0 aliphatic carbocycles. The van der Waals surface area contributed by atoms with Gasteiger partial charge in [0.05, 0.1) is 0 Å². The van der Waals surface area contributed by atoms with E-state index in [9.17, 15) is 0 Å². The minimum Gasteiger partial charge on any atom is -0.301 e. The highest BCUT2D eigenvalue weighted by Crippen LogP contribution is 2.26. The Kier molecular flexibility index (Phi) is 5.58. The van der Waals surface area contributed by atoms with Crippen LogP contribution in [0.25, 0.3) is 0 Å². The molecule has 0 spiro atoms. The van der Waals surface area contributed by atoms with Gasteiger partial charge in [0.15, 0.2) is 0 Å². The zero-order chi connectivity index (χ0) is 13.4. The molecule has 16 heavy (non-hydrogen) atoms. The van der Waals surface area contributed by atoms with E-state index in [1.807, 2.05) is 0 Å². The van der Waals surface area contributed by atoms with Gasteiger partial charge in [0.2, 0.25) is 0 Å². The van der Waals surface area contributed by atoms with Gasteiger partial charge in [0.25, 0.3) is 0 Å². The van der Waals surface area contributed by atoms with Crippen molar-refractivity contribution in [1.82, 2.24) is 8.93 Å². The zero-order valence-electron chi connectivity index (χ0n) is 12.5. The summed E-state index contributed by atoms with van der Waals surface area (Å²) in [5, 5.41) is 0. The predicted molar refractivity (Wildman–Crippen MR) is 86.7 cm³/mol. The highest BCUT2D eigenvalue weighted by atomic mass is 35.5. The molecule has 0 aromatic heterocycles. The van der Waals surface area contributed by atoms with Crippen molar-refractivity contribution in [2.24, 2.45) is 0 Å². The van der Waals surface area contributed by atoms with Gasteiger partial charge in [0, 0.05) is 0 Å². The maximum absolute atomic E-state index is 6.22. The lowest BCUT2D eigenvalue weighted by Crippen LogP contribution is -2.71. The molecule has 96 valence electrons. The molecule has 0 bridgehead atoms. The average molecular weight is 295 g/mol. The lowest BCUT2D eigenvalue weighted by molar-refractivity contribution is 0.376.